The second-order valence-electron chi connectivity index (χ2n) is 6.63. The molecule has 2 N–H and O–H groups in total. The number of carboxylic acids is 1. The third-order valence-electron chi connectivity index (χ3n) is 3.79. The molecular formula is C17H23NO5. The first-order valence-electron chi connectivity index (χ1n) is 7.67. The fraction of sp³-hybridized carbons (Fsp3) is 0.529. The average molecular weight is 321 g/mol. The number of hydrogen-bond acceptors (Lipinski definition) is 4. The van der Waals surface area contributed by atoms with E-state index in [1.54, 1.807) is 0 Å². The minimum atomic E-state index is -1.09. The van der Waals surface area contributed by atoms with E-state index in [0.717, 1.165) is 12.0 Å². The van der Waals surface area contributed by atoms with Crippen molar-refractivity contribution in [1.82, 2.24) is 5.32 Å². The van der Waals surface area contributed by atoms with Crippen LogP contribution in [0.4, 0.5) is 4.79 Å². The maximum Gasteiger partial charge on any atom is 0.408 e. The topological polar surface area (TPSA) is 84.9 Å². The number of amides is 1. The summed E-state index contributed by atoms with van der Waals surface area (Å²) in [5.74, 6) is -1.09. The third kappa shape index (κ3) is 5.56. The molecule has 6 heteroatoms. The predicted molar refractivity (Wildman–Crippen MR) is 83.9 cm³/mol. The molecule has 1 aliphatic rings. The van der Waals surface area contributed by atoms with Crippen LogP contribution in [0.3, 0.4) is 0 Å². The van der Waals surface area contributed by atoms with Gasteiger partial charge in [0.25, 0.3) is 0 Å². The lowest BCUT2D eigenvalue weighted by molar-refractivity contribution is -0.140. The molecule has 1 heterocycles. The van der Waals surface area contributed by atoms with E-state index in [-0.39, 0.29) is 24.5 Å². The Labute approximate surface area is 135 Å². The van der Waals surface area contributed by atoms with Gasteiger partial charge in [-0.25, -0.2) is 9.59 Å². The third-order valence-corrected chi connectivity index (χ3v) is 3.79. The van der Waals surface area contributed by atoms with Crippen LogP contribution in [-0.4, -0.2) is 35.9 Å². The molecule has 126 valence electrons. The van der Waals surface area contributed by atoms with Crippen molar-refractivity contribution >= 4 is 12.1 Å². The molecule has 6 nitrogen and oxygen atoms in total. The Morgan fingerprint density at radius 1 is 1.39 bits per heavy atom. The molecule has 0 bridgehead atoms. The number of nitrogens with one attached hydrogen (secondary N) is 1. The number of rotatable bonds is 6. The zero-order valence-corrected chi connectivity index (χ0v) is 13.5. The molecule has 1 aromatic rings. The van der Waals surface area contributed by atoms with Crippen LogP contribution < -0.4 is 5.32 Å². The highest BCUT2D eigenvalue weighted by atomic mass is 16.5. The molecule has 1 fully saturated rings. The minimum Gasteiger partial charge on any atom is -0.480 e. The van der Waals surface area contributed by atoms with Crippen LogP contribution in [0.5, 0.6) is 0 Å². The van der Waals surface area contributed by atoms with Crippen LogP contribution in [0.15, 0.2) is 30.3 Å². The van der Waals surface area contributed by atoms with Gasteiger partial charge >= 0.3 is 12.1 Å². The van der Waals surface area contributed by atoms with Crippen LogP contribution in [0.25, 0.3) is 0 Å². The first-order valence-corrected chi connectivity index (χ1v) is 7.67. The Morgan fingerprint density at radius 3 is 2.65 bits per heavy atom. The van der Waals surface area contributed by atoms with Gasteiger partial charge in [0.05, 0.1) is 12.7 Å². The van der Waals surface area contributed by atoms with Crippen molar-refractivity contribution in [3.8, 4) is 0 Å². The molecule has 0 aliphatic carbocycles. The molecule has 1 aliphatic heterocycles. The van der Waals surface area contributed by atoms with E-state index in [1.165, 1.54) is 0 Å². The SMILES string of the molecule is CC1(C)COC(CC(NC(=O)OCc2ccccc2)C(=O)O)C1. The highest BCUT2D eigenvalue weighted by molar-refractivity contribution is 5.79. The van der Waals surface area contributed by atoms with Crippen molar-refractivity contribution in [2.24, 2.45) is 5.41 Å². The average Bonchev–Trinajstić information content (AvgIpc) is 2.84. The van der Waals surface area contributed by atoms with Crippen molar-refractivity contribution < 1.29 is 24.2 Å². The van der Waals surface area contributed by atoms with Crippen molar-refractivity contribution in [2.45, 2.75) is 45.4 Å². The van der Waals surface area contributed by atoms with Gasteiger partial charge in [0.15, 0.2) is 0 Å². The van der Waals surface area contributed by atoms with E-state index in [2.05, 4.69) is 19.2 Å². The summed E-state index contributed by atoms with van der Waals surface area (Å²) < 4.78 is 10.7. The molecule has 1 saturated heterocycles. The summed E-state index contributed by atoms with van der Waals surface area (Å²) in [4.78, 5) is 23.1. The lowest BCUT2D eigenvalue weighted by atomic mass is 9.89. The maximum absolute atomic E-state index is 11.8. The summed E-state index contributed by atoms with van der Waals surface area (Å²) in [7, 11) is 0. The Hall–Kier alpha value is -2.08. The number of aliphatic carboxylic acids is 1. The van der Waals surface area contributed by atoms with Crippen LogP contribution in [0.1, 0.15) is 32.3 Å². The molecule has 0 aromatic heterocycles. The largest absolute Gasteiger partial charge is 0.480 e. The highest BCUT2D eigenvalue weighted by Crippen LogP contribution is 2.33. The molecule has 2 rings (SSSR count). The first kappa shape index (κ1) is 17.3. The van der Waals surface area contributed by atoms with Gasteiger partial charge in [-0.15, -0.1) is 0 Å². The van der Waals surface area contributed by atoms with Crippen LogP contribution >= 0.6 is 0 Å². The Kier molecular flexibility index (Phi) is 5.60. The number of benzene rings is 1. The van der Waals surface area contributed by atoms with Crippen molar-refractivity contribution in [3.63, 3.8) is 0 Å². The van der Waals surface area contributed by atoms with Gasteiger partial charge < -0.3 is 19.9 Å². The molecule has 1 amide bonds. The second kappa shape index (κ2) is 7.46. The fourth-order valence-corrected chi connectivity index (χ4v) is 2.62. The van der Waals surface area contributed by atoms with Gasteiger partial charge in [0.1, 0.15) is 12.6 Å². The van der Waals surface area contributed by atoms with Crippen LogP contribution in [0.2, 0.25) is 0 Å². The smallest absolute Gasteiger partial charge is 0.408 e. The molecule has 2 unspecified atom stereocenters. The molecule has 1 aromatic carbocycles. The summed E-state index contributed by atoms with van der Waals surface area (Å²) >= 11 is 0. The molecule has 0 saturated carbocycles. The summed E-state index contributed by atoms with van der Waals surface area (Å²) in [6.45, 7) is 4.85. The summed E-state index contributed by atoms with van der Waals surface area (Å²) in [5.41, 5.74) is 0.886. The summed E-state index contributed by atoms with van der Waals surface area (Å²) in [6.07, 6.45) is 0.107. The number of carbonyl (C=O) groups is 2. The molecule has 0 spiro atoms. The van der Waals surface area contributed by atoms with Crippen molar-refractivity contribution in [3.05, 3.63) is 35.9 Å². The van der Waals surface area contributed by atoms with Gasteiger partial charge in [-0.1, -0.05) is 44.2 Å². The summed E-state index contributed by atoms with van der Waals surface area (Å²) in [6, 6.07) is 8.20. The van der Waals surface area contributed by atoms with E-state index in [1.807, 2.05) is 30.3 Å². The molecule has 0 radical (unpaired) electrons. The van der Waals surface area contributed by atoms with Gasteiger partial charge in [-0.2, -0.15) is 0 Å². The zero-order chi connectivity index (χ0) is 16.9. The minimum absolute atomic E-state index is 0.0432. The Balaban J connectivity index is 1.82. The predicted octanol–water partition coefficient (Wildman–Crippen LogP) is 2.57. The summed E-state index contributed by atoms with van der Waals surface area (Å²) in [5, 5.41) is 11.7. The number of hydrogen-bond donors (Lipinski definition) is 2. The van der Waals surface area contributed by atoms with E-state index < -0.39 is 18.1 Å². The second-order valence-corrected chi connectivity index (χ2v) is 6.63. The Morgan fingerprint density at radius 2 is 2.09 bits per heavy atom. The van der Waals surface area contributed by atoms with Crippen molar-refractivity contribution in [1.29, 1.82) is 0 Å². The van der Waals surface area contributed by atoms with Gasteiger partial charge in [-0.3, -0.25) is 0 Å². The highest BCUT2D eigenvalue weighted by Gasteiger charge is 2.35. The van der Waals surface area contributed by atoms with Crippen LogP contribution in [0, 0.1) is 5.41 Å². The van der Waals surface area contributed by atoms with Gasteiger partial charge in [0, 0.05) is 6.42 Å². The molecule has 2 atom stereocenters. The van der Waals surface area contributed by atoms with Gasteiger partial charge in [0.2, 0.25) is 0 Å². The normalized spacial score (nSPS) is 20.7. The Bertz CT molecular complexity index is 543. The van der Waals surface area contributed by atoms with Crippen LogP contribution in [-0.2, 0) is 20.9 Å². The molecular weight excluding hydrogens is 298 g/mol. The van der Waals surface area contributed by atoms with E-state index in [0.29, 0.717) is 6.61 Å². The first-order chi connectivity index (χ1) is 10.9. The number of carbonyl (C=O) groups excluding carboxylic acids is 1. The number of carboxylic acid groups (broad SMARTS) is 1. The maximum atomic E-state index is 11.8. The monoisotopic (exact) mass is 321 g/mol. The van der Waals surface area contributed by atoms with E-state index in [4.69, 9.17) is 9.47 Å². The van der Waals surface area contributed by atoms with Crippen molar-refractivity contribution in [2.75, 3.05) is 6.61 Å². The van der Waals surface area contributed by atoms with E-state index in [9.17, 15) is 14.7 Å². The van der Waals surface area contributed by atoms with Gasteiger partial charge in [-0.05, 0) is 17.4 Å². The molecule has 23 heavy (non-hydrogen) atoms. The standard InChI is InChI=1S/C17H23NO5/c1-17(2)9-13(23-11-17)8-14(15(19)20)18-16(21)22-10-12-6-4-3-5-7-12/h3-7,13-14H,8-11H2,1-2H3,(H,18,21)(H,19,20). The van der Waals surface area contributed by atoms with E-state index >= 15 is 0 Å². The fourth-order valence-electron chi connectivity index (χ4n) is 2.62. The zero-order valence-electron chi connectivity index (χ0n) is 13.5. The number of ether oxygens (including phenoxy) is 2. The quantitative estimate of drug-likeness (QED) is 0.841. The number of alkyl carbamates (subject to hydrolysis) is 1. The lowest BCUT2D eigenvalue weighted by Gasteiger charge is -2.19. The lowest BCUT2D eigenvalue weighted by Crippen LogP contribution is -2.43.